The van der Waals surface area contributed by atoms with Crippen LogP contribution in [0.1, 0.15) is 10.4 Å². The van der Waals surface area contributed by atoms with Crippen molar-refractivity contribution < 1.29 is 23.1 Å². The molecule has 0 spiro atoms. The number of nitrogens with zero attached hydrogens (tertiary/aromatic N) is 4. The van der Waals surface area contributed by atoms with Gasteiger partial charge >= 0.3 is 5.97 Å². The van der Waals surface area contributed by atoms with Crippen LogP contribution < -0.4 is 9.75 Å². The van der Waals surface area contributed by atoms with Crippen LogP contribution in [0.2, 0.25) is 5.02 Å². The number of halogens is 1. The summed E-state index contributed by atoms with van der Waals surface area (Å²) < 4.78 is 30.7. The van der Waals surface area contributed by atoms with E-state index in [1.165, 1.54) is 45.4 Å². The van der Waals surface area contributed by atoms with E-state index >= 15 is 0 Å². The molecule has 150 valence electrons. The molecule has 0 amide bonds. The van der Waals surface area contributed by atoms with Crippen LogP contribution in [-0.2, 0) is 10.0 Å². The zero-order valence-electron chi connectivity index (χ0n) is 15.6. The third kappa shape index (κ3) is 4.58. The Kier molecular flexibility index (Phi) is 6.60. The van der Waals surface area contributed by atoms with Gasteiger partial charge in [-0.2, -0.15) is 0 Å². The Morgan fingerprint density at radius 2 is 1.82 bits per heavy atom. The summed E-state index contributed by atoms with van der Waals surface area (Å²) >= 11 is 5.95. The molecule has 0 fully saturated rings. The molecule has 0 aromatic heterocycles. The number of carboxylic acid groups (broad SMARTS) is 1. The maximum atomic E-state index is 12.3. The lowest BCUT2D eigenvalue weighted by molar-refractivity contribution is 0.0697. The van der Waals surface area contributed by atoms with E-state index < -0.39 is 16.0 Å². The molecule has 0 saturated carbocycles. The van der Waals surface area contributed by atoms with Crippen molar-refractivity contribution in [3.8, 4) is 5.75 Å². The minimum absolute atomic E-state index is 0.138. The van der Waals surface area contributed by atoms with Crippen molar-refractivity contribution in [2.75, 3.05) is 33.3 Å². The molecule has 1 N–H and O–H groups in total. The number of anilines is 1. The van der Waals surface area contributed by atoms with Crippen molar-refractivity contribution in [3.05, 3.63) is 47.0 Å². The second-order valence-electron chi connectivity index (χ2n) is 5.80. The summed E-state index contributed by atoms with van der Waals surface area (Å²) in [7, 11) is 1.91. The molecular weight excluding hydrogens is 408 g/mol. The van der Waals surface area contributed by atoms with Gasteiger partial charge in [-0.3, -0.25) is 0 Å². The number of ether oxygens (including phenoxy) is 1. The molecule has 0 atom stereocenters. The summed E-state index contributed by atoms with van der Waals surface area (Å²) in [4.78, 5) is 11.5. The number of aromatic carboxylic acids is 1. The molecule has 0 aliphatic carbocycles. The number of hydrogen-bond acceptors (Lipinski definition) is 6. The van der Waals surface area contributed by atoms with Crippen LogP contribution in [0.5, 0.6) is 5.75 Å². The van der Waals surface area contributed by atoms with Gasteiger partial charge in [0.1, 0.15) is 11.4 Å². The summed E-state index contributed by atoms with van der Waals surface area (Å²) in [5.41, 5.74) is 0.280. The lowest BCUT2D eigenvalue weighted by atomic mass is 10.2. The molecule has 0 aliphatic rings. The molecular formula is C17H19ClN4O5S. The molecule has 0 unspecified atom stereocenters. The molecule has 28 heavy (non-hydrogen) atoms. The minimum Gasteiger partial charge on any atom is -0.494 e. The van der Waals surface area contributed by atoms with Crippen molar-refractivity contribution in [1.29, 1.82) is 0 Å². The molecule has 0 saturated heterocycles. The number of carbonyl (C=O) groups is 1. The molecule has 11 heteroatoms. The Balaban J connectivity index is 2.44. The highest BCUT2D eigenvalue weighted by molar-refractivity contribution is 7.89. The van der Waals surface area contributed by atoms with Gasteiger partial charge in [-0.15, -0.1) is 5.11 Å². The normalized spacial score (nSPS) is 11.8. The molecule has 2 aromatic carbocycles. The van der Waals surface area contributed by atoms with E-state index in [0.717, 1.165) is 10.4 Å². The van der Waals surface area contributed by atoms with E-state index in [4.69, 9.17) is 16.3 Å². The minimum atomic E-state index is -3.78. The van der Waals surface area contributed by atoms with Gasteiger partial charge in [0.15, 0.2) is 0 Å². The third-order valence-corrected chi connectivity index (χ3v) is 5.80. The Morgan fingerprint density at radius 1 is 1.14 bits per heavy atom. The highest BCUT2D eigenvalue weighted by Crippen LogP contribution is 2.31. The smallest absolute Gasteiger partial charge is 0.337 e. The predicted octanol–water partition coefficient (Wildman–Crippen LogP) is 3.43. The van der Waals surface area contributed by atoms with E-state index in [1.54, 1.807) is 18.2 Å². The number of carboxylic acids is 1. The van der Waals surface area contributed by atoms with Crippen LogP contribution in [0.25, 0.3) is 0 Å². The average Bonchev–Trinajstić information content (AvgIpc) is 2.65. The highest BCUT2D eigenvalue weighted by atomic mass is 35.5. The first-order valence-electron chi connectivity index (χ1n) is 7.86. The molecule has 2 aromatic rings. The molecule has 0 radical (unpaired) electrons. The second kappa shape index (κ2) is 8.55. The van der Waals surface area contributed by atoms with E-state index in [1.807, 2.05) is 0 Å². The summed E-state index contributed by atoms with van der Waals surface area (Å²) in [6.45, 7) is 0. The molecule has 2 rings (SSSR count). The zero-order valence-corrected chi connectivity index (χ0v) is 17.2. The van der Waals surface area contributed by atoms with Gasteiger partial charge in [0.25, 0.3) is 0 Å². The Hall–Kier alpha value is -2.69. The third-order valence-electron chi connectivity index (χ3n) is 3.75. The van der Waals surface area contributed by atoms with Crippen molar-refractivity contribution in [2.45, 2.75) is 4.90 Å². The first kappa shape index (κ1) is 21.6. The van der Waals surface area contributed by atoms with E-state index in [2.05, 4.69) is 10.3 Å². The quantitative estimate of drug-likeness (QED) is 0.536. The SMILES string of the molecule is COc1ccc(Cl)cc1N=NN(C)c1ccc(S(=O)(=O)N(C)C)cc1C(=O)O. The Labute approximate surface area is 167 Å². The Morgan fingerprint density at radius 3 is 2.39 bits per heavy atom. The molecule has 0 bridgehead atoms. The van der Waals surface area contributed by atoms with E-state index in [9.17, 15) is 18.3 Å². The van der Waals surface area contributed by atoms with Crippen LogP contribution in [0.3, 0.4) is 0 Å². The first-order chi connectivity index (χ1) is 13.1. The fourth-order valence-electron chi connectivity index (χ4n) is 2.24. The summed E-state index contributed by atoms with van der Waals surface area (Å²) in [6, 6.07) is 8.55. The number of rotatable bonds is 7. The predicted molar refractivity (Wildman–Crippen MR) is 105 cm³/mol. The van der Waals surface area contributed by atoms with Crippen molar-refractivity contribution in [1.82, 2.24) is 4.31 Å². The largest absolute Gasteiger partial charge is 0.494 e. The average molecular weight is 427 g/mol. The van der Waals surface area contributed by atoms with E-state index in [-0.39, 0.29) is 16.1 Å². The summed E-state index contributed by atoms with van der Waals surface area (Å²) in [5, 5.41) is 19.2. The van der Waals surface area contributed by atoms with Crippen molar-refractivity contribution >= 4 is 39.0 Å². The van der Waals surface area contributed by atoms with Crippen LogP contribution in [0.4, 0.5) is 11.4 Å². The van der Waals surface area contributed by atoms with E-state index in [0.29, 0.717) is 16.5 Å². The van der Waals surface area contributed by atoms with Gasteiger partial charge in [-0.1, -0.05) is 16.8 Å². The standard InChI is InChI=1S/C17H19ClN4O5S/c1-21(2)28(25,26)12-6-7-15(13(10-12)17(23)24)22(3)20-19-14-9-11(18)5-8-16(14)27-4/h5-10H,1-4H3,(H,23,24). The lowest BCUT2D eigenvalue weighted by Gasteiger charge is -2.17. The van der Waals surface area contributed by atoms with Crippen LogP contribution in [0.15, 0.2) is 51.6 Å². The van der Waals surface area contributed by atoms with Gasteiger partial charge < -0.3 is 9.84 Å². The maximum absolute atomic E-state index is 12.3. The van der Waals surface area contributed by atoms with Crippen LogP contribution in [-0.4, -0.2) is 52.1 Å². The molecule has 0 aliphatic heterocycles. The lowest BCUT2D eigenvalue weighted by Crippen LogP contribution is -2.23. The fraction of sp³-hybridized carbons (Fsp3) is 0.235. The van der Waals surface area contributed by atoms with Crippen LogP contribution in [0, 0.1) is 0 Å². The first-order valence-corrected chi connectivity index (χ1v) is 9.68. The summed E-state index contributed by atoms with van der Waals surface area (Å²) in [5.74, 6) is -0.861. The van der Waals surface area contributed by atoms with Gasteiger partial charge in [-0.25, -0.2) is 22.5 Å². The molecule has 9 nitrogen and oxygen atoms in total. The van der Waals surface area contributed by atoms with Gasteiger partial charge in [0.2, 0.25) is 10.0 Å². The van der Waals surface area contributed by atoms with Crippen molar-refractivity contribution in [2.24, 2.45) is 10.3 Å². The number of benzene rings is 2. The molecule has 0 heterocycles. The number of methoxy groups -OCH3 is 1. The van der Waals surface area contributed by atoms with Gasteiger partial charge in [0.05, 0.1) is 23.3 Å². The topological polar surface area (TPSA) is 112 Å². The number of sulfonamides is 1. The van der Waals surface area contributed by atoms with Gasteiger partial charge in [0, 0.05) is 26.2 Å². The monoisotopic (exact) mass is 426 g/mol. The second-order valence-corrected chi connectivity index (χ2v) is 8.39. The van der Waals surface area contributed by atoms with Crippen LogP contribution >= 0.6 is 11.6 Å². The zero-order chi connectivity index (χ0) is 21.1. The van der Waals surface area contributed by atoms with Gasteiger partial charge in [-0.05, 0) is 36.4 Å². The Bertz CT molecular complexity index is 1020. The van der Waals surface area contributed by atoms with Crippen molar-refractivity contribution in [3.63, 3.8) is 0 Å². The maximum Gasteiger partial charge on any atom is 0.337 e. The number of hydrogen-bond donors (Lipinski definition) is 1. The fourth-order valence-corrected chi connectivity index (χ4v) is 3.34. The highest BCUT2D eigenvalue weighted by Gasteiger charge is 2.22. The summed E-state index contributed by atoms with van der Waals surface area (Å²) in [6.07, 6.45) is 0.